The molecule has 0 fully saturated rings. The number of benzene rings is 2. The number of halogens is 1. The molecule has 2 aromatic carbocycles. The van der Waals surface area contributed by atoms with E-state index in [2.05, 4.69) is 0 Å². The minimum atomic E-state index is -2.58. The third kappa shape index (κ3) is 11.4. The van der Waals surface area contributed by atoms with Gasteiger partial charge in [-0.15, -0.1) is 25.3 Å². The highest BCUT2D eigenvalue weighted by Gasteiger charge is 2.08. The quantitative estimate of drug-likeness (QED) is 0.566. The third-order valence-corrected chi connectivity index (χ3v) is 4.00. The van der Waals surface area contributed by atoms with Gasteiger partial charge >= 0.3 is 0 Å². The average molecular weight is 421 g/mol. The zero-order valence-corrected chi connectivity index (χ0v) is 17.6. The predicted molar refractivity (Wildman–Crippen MR) is 129 cm³/mol. The standard InChI is InChI=1S/2C13H17N.ClH/c2*1-4-10-14(3)12(2)11-13-8-6-5-7-9-13;/h2*1,5-9,12H,10-11H2,2-3H3;1H/t2*12-;/m11./s1/i2*3D3,10D2;. The van der Waals surface area contributed by atoms with E-state index < -0.39 is 39.0 Å². The van der Waals surface area contributed by atoms with Gasteiger partial charge in [-0.05, 0) is 51.8 Å². The molecule has 0 heterocycles. The Morgan fingerprint density at radius 2 is 1.14 bits per heavy atom. The van der Waals surface area contributed by atoms with Gasteiger partial charge in [-0.1, -0.05) is 72.5 Å². The molecule has 0 unspecified atom stereocenters. The topological polar surface area (TPSA) is 6.48 Å². The highest BCUT2D eigenvalue weighted by atomic mass is 35.5. The minimum absolute atomic E-state index is 0. The first-order valence-corrected chi connectivity index (χ1v) is 8.99. The molecule has 2 rings (SSSR count). The van der Waals surface area contributed by atoms with Crippen molar-refractivity contribution in [2.45, 2.75) is 38.8 Å². The lowest BCUT2D eigenvalue weighted by atomic mass is 10.1. The van der Waals surface area contributed by atoms with E-state index in [-0.39, 0.29) is 12.4 Å². The fraction of sp³-hybridized carbons (Fsp3) is 0.385. The number of rotatable bonds is 8. The maximum atomic E-state index is 7.68. The zero-order chi connectivity index (χ0) is 29.4. The van der Waals surface area contributed by atoms with Gasteiger partial charge in [0, 0.05) is 20.3 Å². The van der Waals surface area contributed by atoms with Crippen LogP contribution >= 0.6 is 12.4 Å². The average Bonchev–Trinajstić information content (AvgIpc) is 2.78. The van der Waals surface area contributed by atoms with E-state index in [1.807, 2.05) is 72.5 Å². The van der Waals surface area contributed by atoms with Gasteiger partial charge in [0.2, 0.25) is 0 Å². The minimum Gasteiger partial charge on any atom is -0.292 e. The second kappa shape index (κ2) is 15.7. The fourth-order valence-electron chi connectivity index (χ4n) is 2.45. The molecule has 2 aromatic rings. The molecule has 29 heavy (non-hydrogen) atoms. The van der Waals surface area contributed by atoms with E-state index in [1.165, 1.54) is 0 Å². The third-order valence-electron chi connectivity index (χ3n) is 4.00. The lowest BCUT2D eigenvalue weighted by Gasteiger charge is -2.22. The van der Waals surface area contributed by atoms with Crippen LogP contribution in [0.25, 0.3) is 0 Å². The van der Waals surface area contributed by atoms with Gasteiger partial charge in [0.15, 0.2) is 0 Å². The number of nitrogens with zero attached hydrogens (tertiary/aromatic N) is 2. The molecule has 2 nitrogen and oxygen atoms in total. The largest absolute Gasteiger partial charge is 0.292 e. The van der Waals surface area contributed by atoms with Crippen LogP contribution in [0.2, 0.25) is 0 Å². The van der Waals surface area contributed by atoms with E-state index in [1.54, 1.807) is 13.8 Å². The second-order valence-corrected chi connectivity index (χ2v) is 6.33. The zero-order valence-electron chi connectivity index (χ0n) is 26.8. The van der Waals surface area contributed by atoms with Crippen LogP contribution in [0.5, 0.6) is 0 Å². The first-order chi connectivity index (χ1) is 17.4. The molecule has 0 N–H and O–H groups in total. The van der Waals surface area contributed by atoms with Crippen molar-refractivity contribution in [3.8, 4) is 24.7 Å². The summed E-state index contributed by atoms with van der Waals surface area (Å²) in [7, 11) is 0. The highest BCUT2D eigenvalue weighted by molar-refractivity contribution is 5.85. The molecule has 0 aliphatic carbocycles. The van der Waals surface area contributed by atoms with Crippen molar-refractivity contribution >= 4 is 12.4 Å². The maximum absolute atomic E-state index is 7.68. The van der Waals surface area contributed by atoms with Crippen molar-refractivity contribution in [3.05, 3.63) is 71.8 Å². The first-order valence-electron chi connectivity index (χ1n) is 14.0. The SMILES string of the molecule is Cl.[2H]C([2H])([2H])N([C@H](C)Cc1ccccc1)C([2H])([2H])C#C.[2H]C([2H])([2H])N([C@H](C)Cc1ccccc1)C([2H])([2H])C#C. The number of terminal acetylenes is 2. The lowest BCUT2D eigenvalue weighted by molar-refractivity contribution is 0.287. The first kappa shape index (κ1) is 13.9. The lowest BCUT2D eigenvalue weighted by Crippen LogP contribution is -2.31. The van der Waals surface area contributed by atoms with Gasteiger partial charge in [-0.3, -0.25) is 9.80 Å². The Kier molecular flexibility index (Phi) is 7.51. The molecule has 0 amide bonds. The summed E-state index contributed by atoms with van der Waals surface area (Å²) < 4.78 is 75.5. The normalized spacial score (nSPS) is 19.0. The summed E-state index contributed by atoms with van der Waals surface area (Å²) in [5.74, 6) is 3.83. The summed E-state index contributed by atoms with van der Waals surface area (Å²) in [6.45, 7) is -6.45. The summed E-state index contributed by atoms with van der Waals surface area (Å²) in [5, 5.41) is 0. The predicted octanol–water partition coefficient (Wildman–Crippen LogP) is 4.79. The van der Waals surface area contributed by atoms with Crippen LogP contribution in [0, 0.1) is 24.7 Å². The van der Waals surface area contributed by atoms with Crippen LogP contribution in [0.15, 0.2) is 60.7 Å². The van der Waals surface area contributed by atoms with Crippen molar-refractivity contribution < 1.29 is 13.7 Å². The van der Waals surface area contributed by atoms with E-state index in [9.17, 15) is 0 Å². The molecule has 0 bridgehead atoms. The smallest absolute Gasteiger partial charge is 0.0598 e. The molecule has 0 aliphatic rings. The van der Waals surface area contributed by atoms with Crippen molar-refractivity contribution in [1.29, 1.82) is 0 Å². The Morgan fingerprint density at radius 3 is 1.41 bits per heavy atom. The van der Waals surface area contributed by atoms with Gasteiger partial charge in [0.1, 0.15) is 0 Å². The Morgan fingerprint density at radius 1 is 0.793 bits per heavy atom. The maximum Gasteiger partial charge on any atom is 0.0598 e. The molecule has 0 saturated heterocycles. The van der Waals surface area contributed by atoms with Gasteiger partial charge in [-0.2, -0.15) is 0 Å². The van der Waals surface area contributed by atoms with Crippen molar-refractivity contribution in [2.24, 2.45) is 0 Å². The molecule has 0 aliphatic heterocycles. The van der Waals surface area contributed by atoms with Gasteiger partial charge in [-0.25, -0.2) is 0 Å². The highest BCUT2D eigenvalue weighted by Crippen LogP contribution is 2.07. The summed E-state index contributed by atoms with van der Waals surface area (Å²) >= 11 is 0. The van der Waals surface area contributed by atoms with Crippen LogP contribution in [0.1, 0.15) is 38.7 Å². The Bertz CT molecular complexity index is 987. The van der Waals surface area contributed by atoms with Crippen LogP contribution in [0.4, 0.5) is 0 Å². The van der Waals surface area contributed by atoms with Crippen molar-refractivity contribution in [2.75, 3.05) is 26.9 Å². The van der Waals surface area contributed by atoms with Crippen LogP contribution in [0.3, 0.4) is 0 Å². The molecule has 3 heteroatoms. The van der Waals surface area contributed by atoms with E-state index >= 15 is 0 Å². The molecule has 0 radical (unpaired) electrons. The summed E-state index contributed by atoms with van der Waals surface area (Å²) in [6.07, 6.45) is 11.1. The number of likely N-dealkylation sites (N-methyl/N-ethyl adjacent to an activating group) is 2. The van der Waals surface area contributed by atoms with Crippen LogP contribution in [-0.4, -0.2) is 48.8 Å². The number of hydrogen-bond acceptors (Lipinski definition) is 2. The second-order valence-electron chi connectivity index (χ2n) is 6.33. The van der Waals surface area contributed by atoms with Gasteiger partial charge in [0.25, 0.3) is 0 Å². The molecule has 2 atom stereocenters. The van der Waals surface area contributed by atoms with Crippen molar-refractivity contribution in [3.63, 3.8) is 0 Å². The molecule has 0 saturated carbocycles. The Balaban J connectivity index is 0.000000722. The molecular weight excluding hydrogens is 376 g/mol. The van der Waals surface area contributed by atoms with Crippen LogP contribution in [-0.2, 0) is 12.8 Å². The van der Waals surface area contributed by atoms with Crippen molar-refractivity contribution in [1.82, 2.24) is 9.80 Å². The van der Waals surface area contributed by atoms with E-state index in [0.717, 1.165) is 20.9 Å². The summed E-state index contributed by atoms with van der Waals surface area (Å²) in [5.41, 5.74) is 1.88. The summed E-state index contributed by atoms with van der Waals surface area (Å²) in [4.78, 5) is 1.54. The van der Waals surface area contributed by atoms with Gasteiger partial charge in [0.05, 0.1) is 18.5 Å². The summed E-state index contributed by atoms with van der Waals surface area (Å²) in [6, 6.07) is 17.6. The van der Waals surface area contributed by atoms with Gasteiger partial charge < -0.3 is 0 Å². The molecule has 0 aromatic heterocycles. The molecule has 0 spiro atoms. The van der Waals surface area contributed by atoms with E-state index in [0.29, 0.717) is 12.8 Å². The number of hydrogen-bond donors (Lipinski definition) is 0. The fourth-order valence-corrected chi connectivity index (χ4v) is 2.45. The van der Waals surface area contributed by atoms with Crippen LogP contribution < -0.4 is 0 Å². The Labute approximate surface area is 198 Å². The Hall–Kier alpha value is -2.23. The molecule has 156 valence electrons. The monoisotopic (exact) mass is 420 g/mol. The molecular formula is C26H35ClN2. The van der Waals surface area contributed by atoms with E-state index in [4.69, 9.17) is 26.6 Å².